The van der Waals surface area contributed by atoms with E-state index in [2.05, 4.69) is 10.4 Å². The first-order chi connectivity index (χ1) is 14.8. The van der Waals surface area contributed by atoms with Crippen LogP contribution >= 0.6 is 0 Å². The fraction of sp³-hybridized carbons (Fsp3) is 0.292. The summed E-state index contributed by atoms with van der Waals surface area (Å²) in [6.45, 7) is 3.98. The molecule has 0 saturated carbocycles. The summed E-state index contributed by atoms with van der Waals surface area (Å²) in [5, 5.41) is 7.54. The lowest BCUT2D eigenvalue weighted by molar-refractivity contribution is -0.130. The number of benzene rings is 2. The first-order valence-corrected chi connectivity index (χ1v) is 10.2. The van der Waals surface area contributed by atoms with Crippen LogP contribution in [0.5, 0.6) is 5.75 Å². The highest BCUT2D eigenvalue weighted by molar-refractivity contribution is 5.90. The molecular weight excluding hydrogens is 392 g/mol. The van der Waals surface area contributed by atoms with Gasteiger partial charge in [0.1, 0.15) is 5.75 Å². The molecule has 7 heteroatoms. The quantitative estimate of drug-likeness (QED) is 0.605. The van der Waals surface area contributed by atoms with E-state index in [0.29, 0.717) is 24.3 Å². The van der Waals surface area contributed by atoms with Crippen LogP contribution in [-0.4, -0.2) is 47.2 Å². The molecule has 0 fully saturated rings. The number of aryl methyl sites for hydroxylation is 1. The number of likely N-dealkylation sites (N-methyl/N-ethyl adjacent to an activating group) is 1. The smallest absolute Gasteiger partial charge is 0.259 e. The number of ether oxygens (including phenoxy) is 1. The Morgan fingerprint density at radius 2 is 1.71 bits per heavy atom. The molecule has 0 aliphatic heterocycles. The number of carbonyl (C=O) groups excluding carboxylic acids is 2. The zero-order valence-electron chi connectivity index (χ0n) is 18.4. The Labute approximate surface area is 182 Å². The molecule has 1 heterocycles. The van der Waals surface area contributed by atoms with Gasteiger partial charge in [-0.25, -0.2) is 4.68 Å². The number of rotatable bonds is 8. The molecule has 0 unspecified atom stereocenters. The van der Waals surface area contributed by atoms with Crippen LogP contribution in [0.4, 0.5) is 5.69 Å². The predicted molar refractivity (Wildman–Crippen MR) is 121 cm³/mol. The predicted octanol–water partition coefficient (Wildman–Crippen LogP) is 3.53. The van der Waals surface area contributed by atoms with Crippen LogP contribution in [0, 0.1) is 13.8 Å². The topological polar surface area (TPSA) is 76.5 Å². The standard InChI is InChI=1S/C24H28N4O3/c1-17-22(18(2)28(26-17)20-8-6-5-7-9-20)14-15-23(29)25-19-10-12-21(13-11-19)31-16-24(30)27(3)4/h5-13H,14-16H2,1-4H3,(H,25,29). The molecular formula is C24H28N4O3. The largest absolute Gasteiger partial charge is 0.484 e. The monoisotopic (exact) mass is 420 g/mol. The van der Waals surface area contributed by atoms with Crippen molar-refractivity contribution in [2.75, 3.05) is 26.0 Å². The molecule has 0 spiro atoms. The summed E-state index contributed by atoms with van der Waals surface area (Å²) in [5.41, 5.74) is 4.76. The van der Waals surface area contributed by atoms with E-state index in [1.807, 2.05) is 48.9 Å². The van der Waals surface area contributed by atoms with E-state index in [0.717, 1.165) is 22.6 Å². The Balaban J connectivity index is 1.55. The Bertz CT molecular complexity index is 1040. The van der Waals surface area contributed by atoms with Crippen molar-refractivity contribution in [1.29, 1.82) is 0 Å². The summed E-state index contributed by atoms with van der Waals surface area (Å²) >= 11 is 0. The fourth-order valence-corrected chi connectivity index (χ4v) is 3.23. The number of anilines is 1. The molecule has 162 valence electrons. The summed E-state index contributed by atoms with van der Waals surface area (Å²) in [4.78, 5) is 25.5. The maximum absolute atomic E-state index is 12.4. The number of hydrogen-bond acceptors (Lipinski definition) is 4. The van der Waals surface area contributed by atoms with Gasteiger partial charge in [0.2, 0.25) is 5.91 Å². The highest BCUT2D eigenvalue weighted by Crippen LogP contribution is 2.20. The van der Waals surface area contributed by atoms with Crippen molar-refractivity contribution in [3.05, 3.63) is 71.5 Å². The minimum Gasteiger partial charge on any atom is -0.484 e. The van der Waals surface area contributed by atoms with Crippen LogP contribution in [-0.2, 0) is 16.0 Å². The van der Waals surface area contributed by atoms with Gasteiger partial charge >= 0.3 is 0 Å². The Hall–Kier alpha value is -3.61. The van der Waals surface area contributed by atoms with Crippen LogP contribution in [0.1, 0.15) is 23.4 Å². The van der Waals surface area contributed by atoms with Crippen LogP contribution < -0.4 is 10.1 Å². The molecule has 1 N–H and O–H groups in total. The van der Waals surface area contributed by atoms with Crippen molar-refractivity contribution in [3.63, 3.8) is 0 Å². The molecule has 31 heavy (non-hydrogen) atoms. The summed E-state index contributed by atoms with van der Waals surface area (Å²) in [6.07, 6.45) is 0.974. The van der Waals surface area contributed by atoms with Gasteiger partial charge in [-0.05, 0) is 62.2 Å². The third-order valence-electron chi connectivity index (χ3n) is 5.04. The highest BCUT2D eigenvalue weighted by Gasteiger charge is 2.14. The van der Waals surface area contributed by atoms with Crippen LogP contribution in [0.25, 0.3) is 5.69 Å². The van der Waals surface area contributed by atoms with E-state index in [1.54, 1.807) is 38.4 Å². The van der Waals surface area contributed by atoms with Gasteiger partial charge < -0.3 is 15.0 Å². The molecule has 0 radical (unpaired) electrons. The van der Waals surface area contributed by atoms with Crippen LogP contribution in [0.15, 0.2) is 54.6 Å². The van der Waals surface area contributed by atoms with E-state index in [4.69, 9.17) is 4.74 Å². The third-order valence-corrected chi connectivity index (χ3v) is 5.04. The SMILES string of the molecule is Cc1nn(-c2ccccc2)c(C)c1CCC(=O)Nc1ccc(OCC(=O)N(C)C)cc1. The van der Waals surface area contributed by atoms with Gasteiger partial charge in [0.25, 0.3) is 5.91 Å². The minimum absolute atomic E-state index is 0.0198. The molecule has 0 atom stereocenters. The molecule has 0 saturated heterocycles. The number of nitrogens with one attached hydrogen (secondary N) is 1. The summed E-state index contributed by atoms with van der Waals surface area (Å²) in [6, 6.07) is 17.0. The summed E-state index contributed by atoms with van der Waals surface area (Å²) in [5.74, 6) is 0.397. The first-order valence-electron chi connectivity index (χ1n) is 10.2. The molecule has 2 amide bonds. The average molecular weight is 421 g/mol. The van der Waals surface area contributed by atoms with Gasteiger partial charge in [0, 0.05) is 31.9 Å². The minimum atomic E-state index is -0.112. The molecule has 7 nitrogen and oxygen atoms in total. The van der Waals surface area contributed by atoms with Gasteiger partial charge in [-0.15, -0.1) is 0 Å². The fourth-order valence-electron chi connectivity index (χ4n) is 3.23. The van der Waals surface area contributed by atoms with E-state index < -0.39 is 0 Å². The zero-order valence-corrected chi connectivity index (χ0v) is 18.4. The maximum atomic E-state index is 12.4. The molecule has 3 aromatic rings. The lowest BCUT2D eigenvalue weighted by Crippen LogP contribution is -2.27. The number of para-hydroxylation sites is 1. The number of nitrogens with zero attached hydrogens (tertiary/aromatic N) is 3. The number of carbonyl (C=O) groups is 2. The zero-order chi connectivity index (χ0) is 22.4. The van der Waals surface area contributed by atoms with Crippen LogP contribution in [0.2, 0.25) is 0 Å². The Kier molecular flexibility index (Phi) is 7.07. The first kappa shape index (κ1) is 22.1. The van der Waals surface area contributed by atoms with Gasteiger partial charge in [-0.3, -0.25) is 9.59 Å². The maximum Gasteiger partial charge on any atom is 0.259 e. The molecule has 2 aromatic carbocycles. The van der Waals surface area contributed by atoms with Crippen molar-refractivity contribution in [1.82, 2.24) is 14.7 Å². The second kappa shape index (κ2) is 9.93. The second-order valence-electron chi connectivity index (χ2n) is 7.55. The van der Waals surface area contributed by atoms with Crippen molar-refractivity contribution in [2.24, 2.45) is 0 Å². The van der Waals surface area contributed by atoms with Gasteiger partial charge in [-0.2, -0.15) is 5.10 Å². The summed E-state index contributed by atoms with van der Waals surface area (Å²) in [7, 11) is 3.36. The van der Waals surface area contributed by atoms with E-state index in [9.17, 15) is 9.59 Å². The van der Waals surface area contributed by atoms with E-state index in [-0.39, 0.29) is 18.4 Å². The van der Waals surface area contributed by atoms with Crippen LogP contribution in [0.3, 0.4) is 0 Å². The summed E-state index contributed by atoms with van der Waals surface area (Å²) < 4.78 is 7.37. The van der Waals surface area contributed by atoms with Gasteiger partial charge in [-0.1, -0.05) is 18.2 Å². The number of aromatic nitrogens is 2. The van der Waals surface area contributed by atoms with Crippen molar-refractivity contribution >= 4 is 17.5 Å². The van der Waals surface area contributed by atoms with Crippen molar-refractivity contribution in [2.45, 2.75) is 26.7 Å². The molecule has 0 aliphatic carbocycles. The lowest BCUT2D eigenvalue weighted by atomic mass is 10.1. The van der Waals surface area contributed by atoms with Crippen molar-refractivity contribution in [3.8, 4) is 11.4 Å². The van der Waals surface area contributed by atoms with Gasteiger partial charge in [0.05, 0.1) is 11.4 Å². The second-order valence-corrected chi connectivity index (χ2v) is 7.55. The van der Waals surface area contributed by atoms with Crippen molar-refractivity contribution < 1.29 is 14.3 Å². The highest BCUT2D eigenvalue weighted by atomic mass is 16.5. The molecule has 0 aliphatic rings. The normalized spacial score (nSPS) is 10.6. The van der Waals surface area contributed by atoms with E-state index >= 15 is 0 Å². The number of amides is 2. The lowest BCUT2D eigenvalue weighted by Gasteiger charge is -2.12. The molecule has 1 aromatic heterocycles. The van der Waals surface area contributed by atoms with Gasteiger partial charge in [0.15, 0.2) is 6.61 Å². The third kappa shape index (κ3) is 5.72. The molecule has 3 rings (SSSR count). The average Bonchev–Trinajstić information content (AvgIpc) is 3.05. The Morgan fingerprint density at radius 3 is 2.35 bits per heavy atom. The Morgan fingerprint density at radius 1 is 1.03 bits per heavy atom. The number of hydrogen-bond donors (Lipinski definition) is 1. The van der Waals surface area contributed by atoms with E-state index in [1.165, 1.54) is 4.90 Å². The molecule has 0 bridgehead atoms.